The van der Waals surface area contributed by atoms with Crippen LogP contribution in [0.5, 0.6) is 11.5 Å². The lowest BCUT2D eigenvalue weighted by Gasteiger charge is -2.42. The van der Waals surface area contributed by atoms with Gasteiger partial charge in [0.15, 0.2) is 11.6 Å². The van der Waals surface area contributed by atoms with Crippen LogP contribution >= 0.6 is 0 Å². The zero-order chi connectivity index (χ0) is 24.3. The standard InChI is InChI=1S/C27H27NO6/c1-4-9-28-26(32)17-8-7-15-18(23(17)27(28)33)12-19-24(21(30)10-13(2)25(19)31)22(15)16-6-5-14(34-3)11-20(16)29/h5-7,10-11,17-18,22-23,29H,4,8-9,12H2,1-3H3. The number of carbonyl (C=O) groups is 4. The monoisotopic (exact) mass is 461 g/mol. The number of nitrogens with zero attached hydrogens (tertiary/aromatic N) is 1. The number of aromatic hydroxyl groups is 1. The molecule has 34 heavy (non-hydrogen) atoms. The molecule has 7 nitrogen and oxygen atoms in total. The fourth-order valence-electron chi connectivity index (χ4n) is 6.14. The van der Waals surface area contributed by atoms with Crippen LogP contribution in [0, 0.1) is 17.8 Å². The number of Topliss-reactive ketones (excluding diaryl/α,β-unsaturated/α-hetero) is 1. The summed E-state index contributed by atoms with van der Waals surface area (Å²) in [6.07, 6.45) is 4.62. The summed E-state index contributed by atoms with van der Waals surface area (Å²) in [7, 11) is 1.50. The molecule has 7 heteroatoms. The van der Waals surface area contributed by atoms with Gasteiger partial charge in [0.1, 0.15) is 11.5 Å². The molecule has 1 fully saturated rings. The van der Waals surface area contributed by atoms with Crippen molar-refractivity contribution in [2.75, 3.05) is 13.7 Å². The summed E-state index contributed by atoms with van der Waals surface area (Å²) in [6, 6.07) is 4.88. The second-order valence-corrected chi connectivity index (χ2v) is 9.48. The maximum Gasteiger partial charge on any atom is 0.233 e. The maximum absolute atomic E-state index is 13.4. The van der Waals surface area contributed by atoms with Crippen molar-refractivity contribution in [1.29, 1.82) is 0 Å². The first kappa shape index (κ1) is 22.3. The fraction of sp³-hybridized carbons (Fsp3) is 0.407. The van der Waals surface area contributed by atoms with E-state index in [1.807, 2.05) is 13.0 Å². The highest BCUT2D eigenvalue weighted by Gasteiger charge is 2.56. The van der Waals surface area contributed by atoms with E-state index in [4.69, 9.17) is 4.74 Å². The Bertz CT molecular complexity index is 1240. The van der Waals surface area contributed by atoms with Crippen molar-refractivity contribution in [3.63, 3.8) is 0 Å². The Balaban J connectivity index is 1.68. The summed E-state index contributed by atoms with van der Waals surface area (Å²) < 4.78 is 5.22. The van der Waals surface area contributed by atoms with Gasteiger partial charge < -0.3 is 9.84 Å². The summed E-state index contributed by atoms with van der Waals surface area (Å²) in [5.74, 6) is -2.47. The Morgan fingerprint density at radius 2 is 1.88 bits per heavy atom. The maximum atomic E-state index is 13.4. The SMILES string of the molecule is CCCN1C(=O)C2CC=C3C(c4ccc(OC)cc4O)C4=C(CC3C2C1=O)C(=O)C(C)=CC4=O. The smallest absolute Gasteiger partial charge is 0.233 e. The first-order chi connectivity index (χ1) is 16.3. The average Bonchev–Trinajstić information content (AvgIpc) is 3.06. The van der Waals surface area contributed by atoms with Crippen molar-refractivity contribution >= 4 is 23.4 Å². The number of rotatable bonds is 4. The minimum absolute atomic E-state index is 0.0483. The quantitative estimate of drug-likeness (QED) is 0.420. The predicted molar refractivity (Wildman–Crippen MR) is 123 cm³/mol. The molecule has 1 saturated heterocycles. The third-order valence-corrected chi connectivity index (χ3v) is 7.65. The third-order valence-electron chi connectivity index (χ3n) is 7.65. The highest BCUT2D eigenvalue weighted by molar-refractivity contribution is 6.23. The van der Waals surface area contributed by atoms with Gasteiger partial charge in [-0.05, 0) is 44.2 Å². The summed E-state index contributed by atoms with van der Waals surface area (Å²) >= 11 is 0. The number of fused-ring (bicyclic) bond motifs is 3. The van der Waals surface area contributed by atoms with Gasteiger partial charge >= 0.3 is 0 Å². The lowest BCUT2D eigenvalue weighted by molar-refractivity contribution is -0.140. The Kier molecular flexibility index (Phi) is 5.30. The van der Waals surface area contributed by atoms with E-state index in [0.29, 0.717) is 47.4 Å². The molecule has 4 aliphatic rings. The number of amides is 2. The van der Waals surface area contributed by atoms with Gasteiger partial charge in [-0.25, -0.2) is 0 Å². The Morgan fingerprint density at radius 1 is 1.12 bits per heavy atom. The number of phenols is 1. The van der Waals surface area contributed by atoms with Crippen LogP contribution < -0.4 is 4.74 Å². The molecule has 0 saturated carbocycles. The van der Waals surface area contributed by atoms with Crippen molar-refractivity contribution in [3.05, 3.63) is 58.2 Å². The third kappa shape index (κ3) is 3.10. The van der Waals surface area contributed by atoms with Gasteiger partial charge in [-0.3, -0.25) is 24.1 Å². The van der Waals surface area contributed by atoms with Gasteiger partial charge in [0, 0.05) is 40.8 Å². The van der Waals surface area contributed by atoms with Gasteiger partial charge in [-0.15, -0.1) is 0 Å². The molecule has 0 bridgehead atoms. The molecule has 4 unspecified atom stereocenters. The predicted octanol–water partition coefficient (Wildman–Crippen LogP) is 3.24. The molecular formula is C27H27NO6. The first-order valence-corrected chi connectivity index (χ1v) is 11.7. The molecule has 5 rings (SSSR count). The van der Waals surface area contributed by atoms with E-state index in [1.165, 1.54) is 24.2 Å². The molecule has 0 radical (unpaired) electrons. The molecule has 2 amide bonds. The molecule has 0 spiro atoms. The van der Waals surface area contributed by atoms with E-state index in [-0.39, 0.29) is 41.5 Å². The molecule has 1 aromatic rings. The number of likely N-dealkylation sites (tertiary alicyclic amines) is 1. The number of hydrogen-bond donors (Lipinski definition) is 1. The second-order valence-electron chi connectivity index (χ2n) is 9.48. The van der Waals surface area contributed by atoms with Crippen molar-refractivity contribution in [3.8, 4) is 11.5 Å². The largest absolute Gasteiger partial charge is 0.507 e. The number of ketones is 2. The van der Waals surface area contributed by atoms with E-state index in [0.717, 1.165) is 5.57 Å². The van der Waals surface area contributed by atoms with E-state index < -0.39 is 17.8 Å². The van der Waals surface area contributed by atoms with Crippen LogP contribution in [-0.4, -0.2) is 47.0 Å². The zero-order valence-corrected chi connectivity index (χ0v) is 19.5. The Morgan fingerprint density at radius 3 is 2.56 bits per heavy atom. The molecule has 1 aromatic carbocycles. The first-order valence-electron chi connectivity index (χ1n) is 11.7. The van der Waals surface area contributed by atoms with Crippen LogP contribution in [0.4, 0.5) is 0 Å². The average molecular weight is 462 g/mol. The van der Waals surface area contributed by atoms with Crippen LogP contribution in [0.25, 0.3) is 0 Å². The van der Waals surface area contributed by atoms with Gasteiger partial charge in [0.05, 0.1) is 18.9 Å². The molecule has 4 atom stereocenters. The van der Waals surface area contributed by atoms with Gasteiger partial charge in [0.25, 0.3) is 0 Å². The summed E-state index contributed by atoms with van der Waals surface area (Å²) in [4.78, 5) is 54.2. The lowest BCUT2D eigenvalue weighted by atomic mass is 9.59. The van der Waals surface area contributed by atoms with Crippen molar-refractivity contribution < 1.29 is 29.0 Å². The highest BCUT2D eigenvalue weighted by atomic mass is 16.5. The highest BCUT2D eigenvalue weighted by Crippen LogP contribution is 2.56. The van der Waals surface area contributed by atoms with Crippen molar-refractivity contribution in [1.82, 2.24) is 4.90 Å². The molecule has 1 aliphatic heterocycles. The minimum atomic E-state index is -0.662. The molecule has 3 aliphatic carbocycles. The van der Waals surface area contributed by atoms with E-state index in [1.54, 1.807) is 19.1 Å². The molecule has 0 aromatic heterocycles. The van der Waals surface area contributed by atoms with E-state index in [2.05, 4.69) is 0 Å². The molecule has 176 valence electrons. The summed E-state index contributed by atoms with van der Waals surface area (Å²) in [5.41, 5.74) is 2.43. The fourth-order valence-corrected chi connectivity index (χ4v) is 6.14. The number of imide groups is 1. The normalized spacial score (nSPS) is 28.4. The second kappa shape index (κ2) is 8.08. The number of allylic oxidation sites excluding steroid dienone is 6. The van der Waals surface area contributed by atoms with Crippen LogP contribution in [-0.2, 0) is 19.2 Å². The Labute approximate surface area is 197 Å². The Hall–Kier alpha value is -3.48. The van der Waals surface area contributed by atoms with Crippen LogP contribution in [0.3, 0.4) is 0 Å². The number of benzene rings is 1. The van der Waals surface area contributed by atoms with E-state index in [9.17, 15) is 24.3 Å². The van der Waals surface area contributed by atoms with Crippen molar-refractivity contribution in [2.24, 2.45) is 17.8 Å². The van der Waals surface area contributed by atoms with E-state index >= 15 is 0 Å². The number of ether oxygens (including phenoxy) is 1. The number of methoxy groups -OCH3 is 1. The topological polar surface area (TPSA) is 101 Å². The van der Waals surface area contributed by atoms with Crippen molar-refractivity contribution in [2.45, 2.75) is 39.0 Å². The van der Waals surface area contributed by atoms with Crippen LogP contribution in [0.15, 0.2) is 52.6 Å². The van der Waals surface area contributed by atoms with Crippen LogP contribution in [0.1, 0.15) is 44.6 Å². The van der Waals surface area contributed by atoms with Gasteiger partial charge in [-0.1, -0.05) is 24.6 Å². The zero-order valence-electron chi connectivity index (χ0n) is 19.5. The minimum Gasteiger partial charge on any atom is -0.507 e. The van der Waals surface area contributed by atoms with Gasteiger partial charge in [-0.2, -0.15) is 0 Å². The molecular weight excluding hydrogens is 434 g/mol. The summed E-state index contributed by atoms with van der Waals surface area (Å²) in [5, 5.41) is 10.9. The summed E-state index contributed by atoms with van der Waals surface area (Å²) in [6.45, 7) is 3.92. The lowest BCUT2D eigenvalue weighted by Crippen LogP contribution is -2.39. The number of carbonyl (C=O) groups excluding carboxylic acids is 4. The number of hydrogen-bond acceptors (Lipinski definition) is 6. The van der Waals surface area contributed by atoms with Crippen LogP contribution in [0.2, 0.25) is 0 Å². The number of phenolic OH excluding ortho intramolecular Hbond substituents is 1. The molecule has 1 heterocycles. The molecule has 1 N–H and O–H groups in total. The van der Waals surface area contributed by atoms with Gasteiger partial charge in [0.2, 0.25) is 11.8 Å².